The maximum Gasteiger partial charge on any atom is 0.00969 e. The molecule has 3 unspecified atom stereocenters. The monoisotopic (exact) mass is 291 g/mol. The van der Waals surface area contributed by atoms with Crippen LogP contribution in [-0.2, 0) is 6.42 Å². The van der Waals surface area contributed by atoms with E-state index in [4.69, 9.17) is 5.73 Å². The summed E-state index contributed by atoms with van der Waals surface area (Å²) in [5.41, 5.74) is 8.89. The molecule has 1 fully saturated rings. The van der Waals surface area contributed by atoms with Crippen LogP contribution in [0.25, 0.3) is 0 Å². The van der Waals surface area contributed by atoms with Gasteiger partial charge in [0.2, 0.25) is 0 Å². The third kappa shape index (κ3) is 4.53. The molecule has 0 aliphatic heterocycles. The van der Waals surface area contributed by atoms with Crippen LogP contribution in [-0.4, -0.2) is 11.3 Å². The summed E-state index contributed by atoms with van der Waals surface area (Å²) >= 11 is 2.08. The molecule has 2 heteroatoms. The highest BCUT2D eigenvalue weighted by molar-refractivity contribution is 8.00. The Bertz CT molecular complexity index is 429. The minimum Gasteiger partial charge on any atom is -0.327 e. The summed E-state index contributed by atoms with van der Waals surface area (Å²) in [6.07, 6.45) is 7.65. The number of hydrogen-bond donors (Lipinski definition) is 1. The molecule has 0 amide bonds. The summed E-state index contributed by atoms with van der Waals surface area (Å²) in [7, 11) is 0. The molecular formula is C18H29NS. The largest absolute Gasteiger partial charge is 0.327 e. The van der Waals surface area contributed by atoms with Crippen LogP contribution in [0.3, 0.4) is 0 Å². The van der Waals surface area contributed by atoms with Crippen LogP contribution in [0.4, 0.5) is 0 Å². The number of thioether (sulfide) groups is 1. The van der Waals surface area contributed by atoms with Crippen molar-refractivity contribution in [3.8, 4) is 0 Å². The fraction of sp³-hybridized carbons (Fsp3) is 0.667. The first-order chi connectivity index (χ1) is 9.58. The SMILES string of the molecule is CCC(N)Cc1ccc(SC2CCCC(C)C2)cc1C. The first kappa shape index (κ1) is 15.9. The molecule has 1 aliphatic rings. The van der Waals surface area contributed by atoms with Gasteiger partial charge in [-0.2, -0.15) is 0 Å². The number of aryl methyl sites for hydroxylation is 1. The molecule has 0 radical (unpaired) electrons. The molecule has 1 aromatic rings. The van der Waals surface area contributed by atoms with E-state index in [2.05, 4.69) is 50.7 Å². The van der Waals surface area contributed by atoms with Crippen molar-refractivity contribution in [1.82, 2.24) is 0 Å². The molecule has 0 heterocycles. The maximum atomic E-state index is 6.07. The average molecular weight is 292 g/mol. The van der Waals surface area contributed by atoms with E-state index < -0.39 is 0 Å². The molecule has 112 valence electrons. The average Bonchev–Trinajstić information content (AvgIpc) is 2.41. The van der Waals surface area contributed by atoms with Gasteiger partial charge in [-0.25, -0.2) is 0 Å². The minimum atomic E-state index is 0.298. The van der Waals surface area contributed by atoms with E-state index >= 15 is 0 Å². The molecule has 2 rings (SSSR count). The lowest BCUT2D eigenvalue weighted by atomic mass is 9.91. The smallest absolute Gasteiger partial charge is 0.00969 e. The van der Waals surface area contributed by atoms with Gasteiger partial charge in [0.05, 0.1) is 0 Å². The summed E-state index contributed by atoms with van der Waals surface area (Å²) in [5.74, 6) is 0.907. The van der Waals surface area contributed by atoms with E-state index in [-0.39, 0.29) is 0 Å². The Morgan fingerprint density at radius 1 is 1.35 bits per heavy atom. The molecule has 1 aromatic carbocycles. The van der Waals surface area contributed by atoms with Gasteiger partial charge in [0.25, 0.3) is 0 Å². The summed E-state index contributed by atoms with van der Waals surface area (Å²) in [6, 6.07) is 7.25. The third-order valence-corrected chi connectivity index (χ3v) is 5.80. The number of benzene rings is 1. The molecule has 0 spiro atoms. The topological polar surface area (TPSA) is 26.0 Å². The standard InChI is InChI=1S/C18H29NS/c1-4-16(19)12-15-8-9-18(11-14(15)3)20-17-7-5-6-13(2)10-17/h8-9,11,13,16-17H,4-7,10,12,19H2,1-3H3. The van der Waals surface area contributed by atoms with Gasteiger partial charge >= 0.3 is 0 Å². The van der Waals surface area contributed by atoms with Gasteiger partial charge in [-0.15, -0.1) is 11.8 Å². The summed E-state index contributed by atoms with van der Waals surface area (Å²) in [5, 5.41) is 0.821. The quantitative estimate of drug-likeness (QED) is 0.831. The molecule has 0 aromatic heterocycles. The lowest BCUT2D eigenvalue weighted by Crippen LogP contribution is -2.21. The number of nitrogens with two attached hydrogens (primary N) is 1. The maximum absolute atomic E-state index is 6.07. The van der Waals surface area contributed by atoms with E-state index in [1.807, 2.05) is 0 Å². The second-order valence-electron chi connectivity index (χ2n) is 6.47. The van der Waals surface area contributed by atoms with E-state index in [0.717, 1.165) is 24.0 Å². The molecule has 20 heavy (non-hydrogen) atoms. The zero-order chi connectivity index (χ0) is 14.5. The van der Waals surface area contributed by atoms with Crippen molar-refractivity contribution in [2.75, 3.05) is 0 Å². The van der Waals surface area contributed by atoms with Crippen LogP contribution in [0.1, 0.15) is 57.1 Å². The summed E-state index contributed by atoms with van der Waals surface area (Å²) in [4.78, 5) is 1.44. The van der Waals surface area contributed by atoms with Crippen LogP contribution in [0, 0.1) is 12.8 Å². The number of hydrogen-bond acceptors (Lipinski definition) is 2. The van der Waals surface area contributed by atoms with E-state index in [9.17, 15) is 0 Å². The summed E-state index contributed by atoms with van der Waals surface area (Å²) < 4.78 is 0. The Morgan fingerprint density at radius 2 is 2.15 bits per heavy atom. The minimum absolute atomic E-state index is 0.298. The van der Waals surface area contributed by atoms with Gasteiger partial charge in [0.15, 0.2) is 0 Å². The lowest BCUT2D eigenvalue weighted by molar-refractivity contribution is 0.394. The van der Waals surface area contributed by atoms with Crippen LogP contribution in [0.2, 0.25) is 0 Å². The normalized spacial score (nSPS) is 24.6. The molecule has 1 saturated carbocycles. The van der Waals surface area contributed by atoms with Crippen LogP contribution in [0.15, 0.2) is 23.1 Å². The molecule has 2 N–H and O–H groups in total. The Balaban J connectivity index is 1.97. The molecule has 0 bridgehead atoms. The van der Waals surface area contributed by atoms with E-state index in [1.54, 1.807) is 0 Å². The van der Waals surface area contributed by atoms with Gasteiger partial charge in [0.1, 0.15) is 0 Å². The Morgan fingerprint density at radius 3 is 2.80 bits per heavy atom. The first-order valence-corrected chi connectivity index (χ1v) is 8.98. The van der Waals surface area contributed by atoms with Crippen molar-refractivity contribution >= 4 is 11.8 Å². The number of rotatable bonds is 5. The van der Waals surface area contributed by atoms with Crippen molar-refractivity contribution in [1.29, 1.82) is 0 Å². The Kier molecular flexibility index (Phi) is 5.98. The van der Waals surface area contributed by atoms with Gasteiger partial charge in [-0.05, 0) is 61.8 Å². The fourth-order valence-electron chi connectivity index (χ4n) is 3.08. The van der Waals surface area contributed by atoms with Crippen molar-refractivity contribution in [3.63, 3.8) is 0 Å². The summed E-state index contributed by atoms with van der Waals surface area (Å²) in [6.45, 7) is 6.78. The second-order valence-corrected chi connectivity index (χ2v) is 7.85. The molecule has 3 atom stereocenters. The van der Waals surface area contributed by atoms with Gasteiger partial charge < -0.3 is 5.73 Å². The van der Waals surface area contributed by atoms with Crippen LogP contribution >= 0.6 is 11.8 Å². The van der Waals surface area contributed by atoms with Gasteiger partial charge in [-0.3, -0.25) is 0 Å². The van der Waals surface area contributed by atoms with Crippen molar-refractivity contribution in [2.24, 2.45) is 11.7 Å². The predicted octanol–water partition coefficient (Wildman–Crippen LogP) is 4.95. The predicted molar refractivity (Wildman–Crippen MR) is 90.4 cm³/mol. The highest BCUT2D eigenvalue weighted by atomic mass is 32.2. The van der Waals surface area contributed by atoms with Crippen LogP contribution < -0.4 is 5.73 Å². The Labute approximate surface area is 128 Å². The van der Waals surface area contributed by atoms with Crippen molar-refractivity contribution in [3.05, 3.63) is 29.3 Å². The van der Waals surface area contributed by atoms with Crippen LogP contribution in [0.5, 0.6) is 0 Å². The zero-order valence-corrected chi connectivity index (χ0v) is 14.0. The molecular weight excluding hydrogens is 262 g/mol. The Hall–Kier alpha value is -0.470. The molecule has 1 nitrogen and oxygen atoms in total. The van der Waals surface area contributed by atoms with E-state index in [0.29, 0.717) is 6.04 Å². The van der Waals surface area contributed by atoms with E-state index in [1.165, 1.54) is 41.7 Å². The fourth-order valence-corrected chi connectivity index (χ4v) is 4.56. The third-order valence-electron chi connectivity index (χ3n) is 4.51. The highest BCUT2D eigenvalue weighted by Crippen LogP contribution is 2.36. The second kappa shape index (κ2) is 7.51. The van der Waals surface area contributed by atoms with Crippen molar-refractivity contribution < 1.29 is 0 Å². The zero-order valence-electron chi connectivity index (χ0n) is 13.2. The van der Waals surface area contributed by atoms with Gasteiger partial charge in [0, 0.05) is 16.2 Å². The lowest BCUT2D eigenvalue weighted by Gasteiger charge is -2.26. The van der Waals surface area contributed by atoms with Gasteiger partial charge in [-0.1, -0.05) is 32.8 Å². The van der Waals surface area contributed by atoms with Crippen molar-refractivity contribution in [2.45, 2.75) is 75.5 Å². The highest BCUT2D eigenvalue weighted by Gasteiger charge is 2.19. The molecule has 1 aliphatic carbocycles. The molecule has 0 saturated heterocycles. The first-order valence-electron chi connectivity index (χ1n) is 8.10.